The maximum Gasteiger partial charge on any atom is 0.187 e. The smallest absolute Gasteiger partial charge is 0.187 e. The van der Waals surface area contributed by atoms with Crippen molar-refractivity contribution in [2.45, 2.75) is 98.5 Å². The van der Waals surface area contributed by atoms with E-state index in [-0.39, 0.29) is 6.61 Å². The van der Waals surface area contributed by atoms with E-state index in [0.29, 0.717) is 18.7 Å². The van der Waals surface area contributed by atoms with Gasteiger partial charge in [0.2, 0.25) is 0 Å². The van der Waals surface area contributed by atoms with Crippen molar-refractivity contribution in [3.63, 3.8) is 0 Å². The third-order valence-electron chi connectivity index (χ3n) is 7.06. The summed E-state index contributed by atoms with van der Waals surface area (Å²) in [7, 11) is 0. The van der Waals surface area contributed by atoms with E-state index >= 15 is 0 Å². The second-order valence-corrected chi connectivity index (χ2v) is 11.2. The first-order valence-electron chi connectivity index (χ1n) is 13.3. The summed E-state index contributed by atoms with van der Waals surface area (Å²) in [6.07, 6.45) is -23.9. The first kappa shape index (κ1) is 35.2. The van der Waals surface area contributed by atoms with Gasteiger partial charge in [0.15, 0.2) is 18.9 Å². The highest BCUT2D eigenvalue weighted by Crippen LogP contribution is 2.33. The molecule has 0 saturated carbocycles. The van der Waals surface area contributed by atoms with Gasteiger partial charge in [-0.15, -0.1) is 0 Å². The van der Waals surface area contributed by atoms with Gasteiger partial charge in [0.25, 0.3) is 0 Å². The fourth-order valence-corrected chi connectivity index (χ4v) is 5.37. The molecule has 3 aliphatic rings. The Morgan fingerprint density at radius 1 is 0.561 bits per heavy atom. The van der Waals surface area contributed by atoms with Crippen LogP contribution in [0.15, 0.2) is 0 Å². The molecule has 0 spiro atoms. The molecule has 0 radical (unpaired) electrons. The van der Waals surface area contributed by atoms with Crippen molar-refractivity contribution >= 4 is 11.8 Å². The Labute approximate surface area is 240 Å². The molecule has 0 aromatic rings. The van der Waals surface area contributed by atoms with Crippen molar-refractivity contribution < 1.29 is 79.5 Å². The van der Waals surface area contributed by atoms with Crippen LogP contribution in [0.5, 0.6) is 0 Å². The summed E-state index contributed by atoms with van der Waals surface area (Å²) in [5.74, 6) is 1.45. The van der Waals surface area contributed by atoms with Gasteiger partial charge in [-0.2, -0.15) is 11.8 Å². The van der Waals surface area contributed by atoms with Crippen molar-refractivity contribution in [3.05, 3.63) is 0 Å². The van der Waals surface area contributed by atoms with Gasteiger partial charge < -0.3 is 85.2 Å². The minimum Gasteiger partial charge on any atom is -0.394 e. The normalized spacial score (nSPS) is 45.6. The molecule has 0 aromatic carbocycles. The van der Waals surface area contributed by atoms with Crippen LogP contribution in [-0.2, 0) is 28.4 Å². The van der Waals surface area contributed by atoms with Gasteiger partial charge in [0.1, 0.15) is 73.2 Å². The molecule has 12 N–H and O–H groups in total. The van der Waals surface area contributed by atoms with Gasteiger partial charge in [0, 0.05) is 12.3 Å². The van der Waals surface area contributed by atoms with Crippen LogP contribution < -0.4 is 5.73 Å². The van der Waals surface area contributed by atoms with Crippen LogP contribution in [0.3, 0.4) is 0 Å². The van der Waals surface area contributed by atoms with Crippen LogP contribution in [0.4, 0.5) is 0 Å². The average Bonchev–Trinajstić information content (AvgIpc) is 2.97. The minimum atomic E-state index is -1.88. The van der Waals surface area contributed by atoms with Crippen LogP contribution in [0.2, 0.25) is 0 Å². The second-order valence-electron chi connectivity index (χ2n) is 9.94. The fraction of sp³-hybridized carbons (Fsp3) is 1.00. The Balaban J connectivity index is 1.80. The van der Waals surface area contributed by atoms with E-state index in [9.17, 15) is 51.1 Å². The predicted molar refractivity (Wildman–Crippen MR) is 136 cm³/mol. The zero-order valence-electron chi connectivity index (χ0n) is 22.2. The maximum atomic E-state index is 10.9. The second kappa shape index (κ2) is 16.7. The SMILES string of the molecule is NCCSCCCO[C@@H]1O[C@H](CO)[C@@H](O)[C@H](O)[C@@H]1O[C@@H]1O[C@H](CO)[C@@H](O)[C@H](O)[C@@H]1O[C@@H]1O[C@H](CO)[C@@H](O)[C@H](O)[C@@H]1O. The van der Waals surface area contributed by atoms with E-state index in [1.807, 2.05) is 0 Å². The summed E-state index contributed by atoms with van der Waals surface area (Å²) in [5, 5.41) is 102. The van der Waals surface area contributed by atoms with Crippen LogP contribution in [0.25, 0.3) is 0 Å². The van der Waals surface area contributed by atoms with E-state index < -0.39 is 112 Å². The summed E-state index contributed by atoms with van der Waals surface area (Å²) in [4.78, 5) is 0. The van der Waals surface area contributed by atoms with E-state index in [1.54, 1.807) is 11.8 Å². The first-order valence-corrected chi connectivity index (χ1v) is 14.5. The lowest BCUT2D eigenvalue weighted by Crippen LogP contribution is -2.67. The van der Waals surface area contributed by atoms with Gasteiger partial charge in [-0.1, -0.05) is 0 Å². The standard InChI is InChI=1S/C23H43NO16S/c24-2-5-41-4-1-3-35-22-19(16(32)13(29)10(7-26)37-22)40-23-20(17(33)14(30)11(8-27)38-23)39-21-18(34)15(31)12(28)9(6-25)36-21/h9-23,25-34H,1-8,24H2/t9-,10-,11-,12-,13-,14-,15+,16+,17+,18+,19+,20+,21+,22-,23+/m1/s1. The van der Waals surface area contributed by atoms with E-state index in [1.165, 1.54) is 0 Å². The molecule has 18 heteroatoms. The molecule has 0 aromatic heterocycles. The molecule has 3 saturated heterocycles. The molecule has 3 aliphatic heterocycles. The van der Waals surface area contributed by atoms with E-state index in [0.717, 1.165) is 5.75 Å². The lowest BCUT2D eigenvalue weighted by Gasteiger charge is -2.48. The molecule has 3 rings (SSSR count). The van der Waals surface area contributed by atoms with Crippen molar-refractivity contribution in [2.24, 2.45) is 5.73 Å². The van der Waals surface area contributed by atoms with Crippen molar-refractivity contribution in [2.75, 3.05) is 44.5 Å². The number of hydrogen-bond acceptors (Lipinski definition) is 18. The molecule has 0 aliphatic carbocycles. The van der Waals surface area contributed by atoms with Crippen molar-refractivity contribution in [3.8, 4) is 0 Å². The number of aliphatic hydroxyl groups is 10. The van der Waals surface area contributed by atoms with Gasteiger partial charge in [-0.3, -0.25) is 0 Å². The van der Waals surface area contributed by atoms with Gasteiger partial charge in [-0.05, 0) is 12.2 Å². The molecule has 17 nitrogen and oxygen atoms in total. The van der Waals surface area contributed by atoms with Crippen LogP contribution in [-0.4, -0.2) is 188 Å². The maximum absolute atomic E-state index is 10.9. The molecule has 3 fully saturated rings. The van der Waals surface area contributed by atoms with Gasteiger partial charge in [0.05, 0.1) is 26.4 Å². The third-order valence-corrected chi connectivity index (χ3v) is 8.16. The number of ether oxygens (including phenoxy) is 6. The Morgan fingerprint density at radius 3 is 1.56 bits per heavy atom. The summed E-state index contributed by atoms with van der Waals surface area (Å²) in [5.41, 5.74) is 5.48. The zero-order valence-corrected chi connectivity index (χ0v) is 23.0. The molecule has 15 atom stereocenters. The molecule has 3 heterocycles. The quantitative estimate of drug-likeness (QED) is 0.0804. The molecular formula is C23H43NO16S. The highest BCUT2D eigenvalue weighted by atomic mass is 32.2. The number of rotatable bonds is 14. The van der Waals surface area contributed by atoms with Crippen molar-refractivity contribution in [1.82, 2.24) is 0 Å². The van der Waals surface area contributed by atoms with Gasteiger partial charge in [-0.25, -0.2) is 0 Å². The third kappa shape index (κ3) is 8.44. The van der Waals surface area contributed by atoms with Crippen LogP contribution in [0.1, 0.15) is 6.42 Å². The monoisotopic (exact) mass is 621 g/mol. The van der Waals surface area contributed by atoms with Gasteiger partial charge >= 0.3 is 0 Å². The largest absolute Gasteiger partial charge is 0.394 e. The molecule has 41 heavy (non-hydrogen) atoms. The average molecular weight is 622 g/mol. The van der Waals surface area contributed by atoms with Crippen LogP contribution in [0, 0.1) is 0 Å². The summed E-state index contributed by atoms with van der Waals surface area (Å²) in [6.45, 7) is -1.55. The highest BCUT2D eigenvalue weighted by Gasteiger charge is 2.54. The topological polar surface area (TPSA) is 284 Å². The Bertz CT molecular complexity index is 758. The zero-order chi connectivity index (χ0) is 30.3. The summed E-state index contributed by atoms with van der Waals surface area (Å²) < 4.78 is 33.8. The number of thioether (sulfide) groups is 1. The number of aliphatic hydroxyl groups excluding tert-OH is 10. The number of nitrogens with two attached hydrogens (primary N) is 1. The van der Waals surface area contributed by atoms with Crippen LogP contribution >= 0.6 is 11.8 Å². The summed E-state index contributed by atoms with van der Waals surface area (Å²) >= 11 is 1.60. The molecular weight excluding hydrogens is 578 g/mol. The first-order chi connectivity index (χ1) is 19.6. The predicted octanol–water partition coefficient (Wildman–Crippen LogP) is -6.47. The van der Waals surface area contributed by atoms with E-state index in [2.05, 4.69) is 0 Å². The fourth-order valence-electron chi connectivity index (χ4n) is 4.68. The highest BCUT2D eigenvalue weighted by molar-refractivity contribution is 7.99. The van der Waals surface area contributed by atoms with Crippen molar-refractivity contribution in [1.29, 1.82) is 0 Å². The molecule has 0 unspecified atom stereocenters. The molecule has 0 amide bonds. The summed E-state index contributed by atoms with van der Waals surface area (Å²) in [6, 6.07) is 0. The lowest BCUT2D eigenvalue weighted by molar-refractivity contribution is -0.393. The minimum absolute atomic E-state index is 0.125. The Kier molecular flexibility index (Phi) is 14.3. The Morgan fingerprint density at radius 2 is 1.02 bits per heavy atom. The molecule has 0 bridgehead atoms. The Hall–Kier alpha value is -0.330. The lowest BCUT2D eigenvalue weighted by atomic mass is 9.96. The molecule has 242 valence electrons. The number of hydrogen-bond donors (Lipinski definition) is 11. The van der Waals surface area contributed by atoms with E-state index in [4.69, 9.17) is 34.2 Å².